The maximum absolute atomic E-state index is 13.7. The van der Waals surface area contributed by atoms with Crippen molar-refractivity contribution in [2.45, 2.75) is 40.5 Å². The summed E-state index contributed by atoms with van der Waals surface area (Å²) in [5.74, 6) is 1.49. The Morgan fingerprint density at radius 2 is 2.00 bits per heavy atom. The molecule has 2 aromatic heterocycles. The van der Waals surface area contributed by atoms with Gasteiger partial charge >= 0.3 is 0 Å². The molecular formula is C25H32N4O3S2. The Balaban J connectivity index is 1.76. The molecule has 0 unspecified atom stereocenters. The lowest BCUT2D eigenvalue weighted by Gasteiger charge is -2.36. The monoisotopic (exact) mass is 500 g/mol. The highest BCUT2D eigenvalue weighted by Gasteiger charge is 2.33. The number of carbonyl (C=O) groups is 1. The number of amides is 1. The van der Waals surface area contributed by atoms with Gasteiger partial charge in [0.2, 0.25) is 0 Å². The normalized spacial score (nSPS) is 22.4. The second-order valence-corrected chi connectivity index (χ2v) is 10.9. The first-order valence-electron chi connectivity index (χ1n) is 11.9. The number of rotatable bonds is 7. The maximum Gasteiger partial charge on any atom is 0.267 e. The van der Waals surface area contributed by atoms with Crippen molar-refractivity contribution in [2.24, 2.45) is 11.8 Å². The molecule has 9 heteroatoms. The lowest BCUT2D eigenvalue weighted by atomic mass is 9.91. The van der Waals surface area contributed by atoms with E-state index in [4.69, 9.17) is 21.9 Å². The van der Waals surface area contributed by atoms with Crippen molar-refractivity contribution >= 4 is 51.7 Å². The molecule has 2 aliphatic rings. The molecule has 4 rings (SSSR count). The number of aryl methyl sites for hydroxylation is 1. The van der Waals surface area contributed by atoms with Crippen LogP contribution in [0.2, 0.25) is 0 Å². The van der Waals surface area contributed by atoms with Crippen LogP contribution in [0.25, 0.3) is 11.7 Å². The van der Waals surface area contributed by atoms with Crippen molar-refractivity contribution in [3.05, 3.63) is 44.7 Å². The van der Waals surface area contributed by atoms with Crippen LogP contribution in [0, 0.1) is 18.8 Å². The van der Waals surface area contributed by atoms with E-state index in [9.17, 15) is 9.59 Å². The van der Waals surface area contributed by atoms with Gasteiger partial charge in [-0.3, -0.25) is 18.9 Å². The minimum Gasteiger partial charge on any atom is -0.382 e. The number of thiocarbonyl (C=S) groups is 1. The summed E-state index contributed by atoms with van der Waals surface area (Å²) in [6, 6.07) is 3.80. The fraction of sp³-hybridized carbons (Fsp3) is 0.520. The van der Waals surface area contributed by atoms with E-state index in [0.717, 1.165) is 25.1 Å². The zero-order chi connectivity index (χ0) is 24.4. The predicted molar refractivity (Wildman–Crippen MR) is 142 cm³/mol. The second-order valence-electron chi connectivity index (χ2n) is 9.27. The molecule has 2 fully saturated rings. The van der Waals surface area contributed by atoms with Gasteiger partial charge in [0, 0.05) is 39.0 Å². The minimum atomic E-state index is -0.170. The van der Waals surface area contributed by atoms with Crippen LogP contribution in [0.3, 0.4) is 0 Å². The number of pyridine rings is 1. The number of anilines is 1. The number of hydrogen-bond acceptors (Lipinski definition) is 7. The van der Waals surface area contributed by atoms with E-state index < -0.39 is 0 Å². The lowest BCUT2D eigenvalue weighted by molar-refractivity contribution is -0.122. The first kappa shape index (κ1) is 24.9. The van der Waals surface area contributed by atoms with Crippen LogP contribution in [0.1, 0.15) is 44.7 Å². The van der Waals surface area contributed by atoms with E-state index in [0.29, 0.717) is 64.3 Å². The molecule has 0 aromatic carbocycles. The Labute approximate surface area is 210 Å². The van der Waals surface area contributed by atoms with Gasteiger partial charge in [-0.1, -0.05) is 43.9 Å². The highest BCUT2D eigenvalue weighted by molar-refractivity contribution is 8.26. The van der Waals surface area contributed by atoms with Crippen LogP contribution in [0.4, 0.5) is 5.82 Å². The van der Waals surface area contributed by atoms with Crippen molar-refractivity contribution < 1.29 is 9.53 Å². The number of carbonyl (C=O) groups excluding carboxylic acids is 1. The highest BCUT2D eigenvalue weighted by atomic mass is 32.2. The molecule has 2 aromatic rings. The molecule has 0 radical (unpaired) electrons. The number of nitrogens with zero attached hydrogens (tertiary/aromatic N) is 4. The summed E-state index contributed by atoms with van der Waals surface area (Å²) in [5.41, 5.74) is 1.86. The smallest absolute Gasteiger partial charge is 0.267 e. The van der Waals surface area contributed by atoms with Gasteiger partial charge in [-0.2, -0.15) is 0 Å². The maximum atomic E-state index is 13.7. The average Bonchev–Trinajstić information content (AvgIpc) is 3.05. The summed E-state index contributed by atoms with van der Waals surface area (Å²) < 4.78 is 7.48. The summed E-state index contributed by atoms with van der Waals surface area (Å²) in [7, 11) is 0. The van der Waals surface area contributed by atoms with Gasteiger partial charge < -0.3 is 9.64 Å². The summed E-state index contributed by atoms with van der Waals surface area (Å²) in [6.07, 6.45) is 5.30. The number of thioether (sulfide) groups is 1. The zero-order valence-electron chi connectivity index (χ0n) is 20.2. The van der Waals surface area contributed by atoms with E-state index >= 15 is 0 Å². The van der Waals surface area contributed by atoms with Gasteiger partial charge in [-0.15, -0.1) is 0 Å². The number of hydrogen-bond donors (Lipinski definition) is 0. The molecule has 2 aliphatic heterocycles. The van der Waals surface area contributed by atoms with Crippen molar-refractivity contribution in [1.29, 1.82) is 0 Å². The van der Waals surface area contributed by atoms with Crippen LogP contribution < -0.4 is 10.5 Å². The first-order chi connectivity index (χ1) is 16.3. The SMILES string of the molecule is CCOCCCN1C(=O)/C(=C/c2c(N3C[C@H](C)C[C@@H](C)C3)nc3c(C)cccn3c2=O)SC1=S. The molecule has 0 N–H and O–H groups in total. The summed E-state index contributed by atoms with van der Waals surface area (Å²) in [6.45, 7) is 11.8. The van der Waals surface area contributed by atoms with Gasteiger partial charge in [0.05, 0.1) is 10.5 Å². The molecule has 2 atom stereocenters. The first-order valence-corrected chi connectivity index (χ1v) is 13.1. The molecule has 0 aliphatic carbocycles. The zero-order valence-corrected chi connectivity index (χ0v) is 21.9. The Morgan fingerprint density at radius 1 is 1.26 bits per heavy atom. The summed E-state index contributed by atoms with van der Waals surface area (Å²) in [4.78, 5) is 36.1. The van der Waals surface area contributed by atoms with Gasteiger partial charge in [0.1, 0.15) is 15.8 Å². The topological polar surface area (TPSA) is 67.2 Å². The molecule has 0 saturated carbocycles. The van der Waals surface area contributed by atoms with Crippen LogP contribution >= 0.6 is 24.0 Å². The molecule has 0 spiro atoms. The number of aromatic nitrogens is 2. The highest BCUT2D eigenvalue weighted by Crippen LogP contribution is 2.34. The fourth-order valence-corrected chi connectivity index (χ4v) is 6.09. The number of ether oxygens (including phenoxy) is 1. The molecule has 4 heterocycles. The minimum absolute atomic E-state index is 0.161. The van der Waals surface area contributed by atoms with Crippen LogP contribution in [0.5, 0.6) is 0 Å². The van der Waals surface area contributed by atoms with E-state index in [-0.39, 0.29) is 11.5 Å². The Morgan fingerprint density at radius 3 is 2.71 bits per heavy atom. The van der Waals surface area contributed by atoms with Gasteiger partial charge in [-0.25, -0.2) is 4.98 Å². The van der Waals surface area contributed by atoms with Crippen molar-refractivity contribution in [3.63, 3.8) is 0 Å². The van der Waals surface area contributed by atoms with Crippen LogP contribution in [-0.4, -0.2) is 57.4 Å². The predicted octanol–water partition coefficient (Wildman–Crippen LogP) is 4.11. The van der Waals surface area contributed by atoms with Crippen molar-refractivity contribution in [3.8, 4) is 0 Å². The largest absolute Gasteiger partial charge is 0.382 e. The van der Waals surface area contributed by atoms with E-state index in [1.54, 1.807) is 21.6 Å². The quantitative estimate of drug-likeness (QED) is 0.322. The van der Waals surface area contributed by atoms with Crippen molar-refractivity contribution in [2.75, 3.05) is 37.7 Å². The van der Waals surface area contributed by atoms with Gasteiger partial charge in [-0.05, 0) is 56.2 Å². The summed E-state index contributed by atoms with van der Waals surface area (Å²) >= 11 is 6.73. The molecule has 0 bridgehead atoms. The van der Waals surface area contributed by atoms with E-state index in [2.05, 4.69) is 18.7 Å². The molecule has 2 saturated heterocycles. The van der Waals surface area contributed by atoms with Crippen LogP contribution in [0.15, 0.2) is 28.0 Å². The Hall–Kier alpha value is -2.23. The molecular weight excluding hydrogens is 468 g/mol. The standard InChI is InChI=1S/C25H32N4O3S2/c1-5-32-11-7-10-29-24(31)20(34-25(29)33)13-19-22(27-14-16(2)12-17(3)15-27)26-21-18(4)8-6-9-28(21)23(19)30/h6,8-9,13,16-17H,5,7,10-12,14-15H2,1-4H3/b20-13-/t16-,17-/m1/s1. The second kappa shape index (κ2) is 10.6. The van der Waals surface area contributed by atoms with Gasteiger partial charge in [0.25, 0.3) is 11.5 Å². The average molecular weight is 501 g/mol. The Bertz CT molecular complexity index is 1180. The lowest BCUT2D eigenvalue weighted by Crippen LogP contribution is -2.40. The summed E-state index contributed by atoms with van der Waals surface area (Å²) in [5, 5.41) is 0. The molecule has 7 nitrogen and oxygen atoms in total. The van der Waals surface area contributed by atoms with Crippen molar-refractivity contribution in [1.82, 2.24) is 14.3 Å². The fourth-order valence-electron chi connectivity index (χ4n) is 4.80. The Kier molecular flexibility index (Phi) is 7.74. The van der Waals surface area contributed by atoms with E-state index in [1.807, 2.05) is 26.0 Å². The van der Waals surface area contributed by atoms with Crippen LogP contribution in [-0.2, 0) is 9.53 Å². The third-order valence-electron chi connectivity index (χ3n) is 6.26. The number of piperidine rings is 1. The molecule has 34 heavy (non-hydrogen) atoms. The molecule has 182 valence electrons. The van der Waals surface area contributed by atoms with Gasteiger partial charge in [0.15, 0.2) is 0 Å². The number of fused-ring (bicyclic) bond motifs is 1. The molecule has 1 amide bonds. The third kappa shape index (κ3) is 5.06. The van der Waals surface area contributed by atoms with E-state index in [1.165, 1.54) is 11.8 Å². The third-order valence-corrected chi connectivity index (χ3v) is 7.63.